The first-order valence-corrected chi connectivity index (χ1v) is 8.30. The van der Waals surface area contributed by atoms with E-state index in [1.165, 1.54) is 32.1 Å². The molecule has 0 aromatic carbocycles. The van der Waals surface area contributed by atoms with Crippen LogP contribution in [0.25, 0.3) is 0 Å². The van der Waals surface area contributed by atoms with Crippen LogP contribution >= 0.6 is 11.6 Å². The van der Waals surface area contributed by atoms with Gasteiger partial charge in [0.25, 0.3) is 0 Å². The van der Waals surface area contributed by atoms with E-state index >= 15 is 0 Å². The van der Waals surface area contributed by atoms with E-state index in [-0.39, 0.29) is 22.7 Å². The van der Waals surface area contributed by atoms with Crippen LogP contribution in [0.2, 0.25) is 0 Å². The van der Waals surface area contributed by atoms with Crippen LogP contribution in [0.4, 0.5) is 0 Å². The van der Waals surface area contributed by atoms with E-state index in [9.17, 15) is 4.79 Å². The van der Waals surface area contributed by atoms with Gasteiger partial charge < -0.3 is 5.32 Å². The van der Waals surface area contributed by atoms with Crippen LogP contribution in [0.1, 0.15) is 65.7 Å². The molecule has 0 radical (unpaired) electrons. The second kappa shape index (κ2) is 6.03. The van der Waals surface area contributed by atoms with Crippen molar-refractivity contribution in [3.63, 3.8) is 0 Å². The zero-order chi connectivity index (χ0) is 14.0. The lowest BCUT2D eigenvalue weighted by atomic mass is 9.67. The highest BCUT2D eigenvalue weighted by Gasteiger charge is 2.37. The zero-order valence-electron chi connectivity index (χ0n) is 12.5. The van der Waals surface area contributed by atoms with Crippen molar-refractivity contribution in [1.82, 2.24) is 5.32 Å². The molecule has 4 atom stereocenters. The van der Waals surface area contributed by atoms with Crippen LogP contribution < -0.4 is 5.32 Å². The molecule has 4 unspecified atom stereocenters. The van der Waals surface area contributed by atoms with Crippen molar-refractivity contribution in [3.8, 4) is 0 Å². The number of nitrogens with one attached hydrogen (secondary N) is 1. The Bertz CT molecular complexity index is 327. The smallest absolute Gasteiger partial charge is 0.223 e. The fraction of sp³-hybridized carbons (Fsp3) is 0.938. The molecular weight excluding hydrogens is 258 g/mol. The third-order valence-electron chi connectivity index (χ3n) is 5.35. The number of rotatable bonds is 3. The molecule has 0 saturated heterocycles. The van der Waals surface area contributed by atoms with E-state index in [1.54, 1.807) is 0 Å². The van der Waals surface area contributed by atoms with Gasteiger partial charge in [-0.3, -0.25) is 4.79 Å². The molecule has 2 nitrogen and oxygen atoms in total. The minimum absolute atomic E-state index is 0.0533. The highest BCUT2D eigenvalue weighted by atomic mass is 35.5. The summed E-state index contributed by atoms with van der Waals surface area (Å²) in [6.45, 7) is 5.96. The normalized spacial score (nSPS) is 33.4. The Morgan fingerprint density at radius 1 is 1.16 bits per heavy atom. The summed E-state index contributed by atoms with van der Waals surface area (Å²) in [5.41, 5.74) is -0.317. The third-order valence-corrected chi connectivity index (χ3v) is 5.90. The molecule has 2 aliphatic carbocycles. The van der Waals surface area contributed by atoms with Crippen molar-refractivity contribution in [2.45, 2.75) is 76.6 Å². The first kappa shape index (κ1) is 15.2. The molecule has 0 heterocycles. The van der Waals surface area contributed by atoms with E-state index in [4.69, 9.17) is 11.6 Å². The molecule has 0 aliphatic heterocycles. The van der Waals surface area contributed by atoms with Gasteiger partial charge >= 0.3 is 0 Å². The summed E-state index contributed by atoms with van der Waals surface area (Å²) in [4.78, 5) is 12.4. The minimum Gasteiger partial charge on any atom is -0.350 e. The van der Waals surface area contributed by atoms with Gasteiger partial charge in [-0.2, -0.15) is 0 Å². The molecule has 1 N–H and O–H groups in total. The molecule has 0 aromatic heterocycles. The summed E-state index contributed by atoms with van der Waals surface area (Å²) in [5, 5.41) is 3.10. The molecule has 0 bridgehead atoms. The number of amides is 1. The summed E-state index contributed by atoms with van der Waals surface area (Å²) in [5.74, 6) is 2.14. The minimum atomic E-state index is -0.317. The van der Waals surface area contributed by atoms with Gasteiger partial charge in [0.2, 0.25) is 5.91 Å². The quantitative estimate of drug-likeness (QED) is 0.777. The Labute approximate surface area is 122 Å². The van der Waals surface area contributed by atoms with Gasteiger partial charge in [-0.15, -0.1) is 11.6 Å². The highest BCUT2D eigenvalue weighted by Crippen LogP contribution is 2.42. The van der Waals surface area contributed by atoms with Gasteiger partial charge in [0.1, 0.15) is 0 Å². The first-order chi connectivity index (χ1) is 8.90. The van der Waals surface area contributed by atoms with Gasteiger partial charge in [0.15, 0.2) is 0 Å². The molecule has 3 heteroatoms. The second-order valence-corrected chi connectivity index (χ2v) is 7.80. The van der Waals surface area contributed by atoms with Crippen LogP contribution in [0.5, 0.6) is 0 Å². The standard InChI is InChI=1S/C16H28ClNO/c1-11(17)16(2,3)18-15(19)14-9-8-12-6-4-5-7-13(12)10-14/h11-14H,4-10H2,1-3H3,(H,18,19). The second-order valence-electron chi connectivity index (χ2n) is 7.14. The van der Waals surface area contributed by atoms with E-state index in [0.29, 0.717) is 0 Å². The van der Waals surface area contributed by atoms with E-state index < -0.39 is 0 Å². The molecule has 1 amide bonds. The lowest BCUT2D eigenvalue weighted by molar-refractivity contribution is -0.128. The Morgan fingerprint density at radius 2 is 1.79 bits per heavy atom. The Morgan fingerprint density at radius 3 is 2.42 bits per heavy atom. The SMILES string of the molecule is CC(Cl)C(C)(C)NC(=O)C1CCC2CCCCC2C1. The van der Waals surface area contributed by atoms with Gasteiger partial charge in [-0.1, -0.05) is 25.7 Å². The van der Waals surface area contributed by atoms with E-state index in [2.05, 4.69) is 5.32 Å². The Kier molecular flexibility index (Phi) is 4.81. The first-order valence-electron chi connectivity index (χ1n) is 7.86. The van der Waals surface area contributed by atoms with Crippen molar-refractivity contribution >= 4 is 17.5 Å². The van der Waals surface area contributed by atoms with Crippen molar-refractivity contribution in [3.05, 3.63) is 0 Å². The average molecular weight is 286 g/mol. The van der Waals surface area contributed by atoms with Crippen LogP contribution in [-0.2, 0) is 4.79 Å². The van der Waals surface area contributed by atoms with Crippen molar-refractivity contribution < 1.29 is 4.79 Å². The summed E-state index contributed by atoms with van der Waals surface area (Å²) in [7, 11) is 0. The highest BCUT2D eigenvalue weighted by molar-refractivity contribution is 6.21. The van der Waals surface area contributed by atoms with Gasteiger partial charge in [0, 0.05) is 5.92 Å². The summed E-state index contributed by atoms with van der Waals surface area (Å²) in [6, 6.07) is 0. The van der Waals surface area contributed by atoms with Gasteiger partial charge in [-0.05, 0) is 51.9 Å². The van der Waals surface area contributed by atoms with Crippen LogP contribution in [0.15, 0.2) is 0 Å². The van der Waals surface area contributed by atoms with E-state index in [0.717, 1.165) is 24.7 Å². The van der Waals surface area contributed by atoms with Gasteiger partial charge in [0.05, 0.1) is 10.9 Å². The molecule has 2 rings (SSSR count). The zero-order valence-corrected chi connectivity index (χ0v) is 13.3. The van der Waals surface area contributed by atoms with Crippen LogP contribution in [-0.4, -0.2) is 16.8 Å². The number of fused-ring (bicyclic) bond motifs is 1. The topological polar surface area (TPSA) is 29.1 Å². The van der Waals surface area contributed by atoms with Gasteiger partial charge in [-0.25, -0.2) is 0 Å². The van der Waals surface area contributed by atoms with Crippen LogP contribution in [0.3, 0.4) is 0 Å². The fourth-order valence-corrected chi connectivity index (χ4v) is 3.69. The molecule has 0 aromatic rings. The van der Waals surface area contributed by atoms with Crippen LogP contribution in [0, 0.1) is 17.8 Å². The van der Waals surface area contributed by atoms with E-state index in [1.807, 2.05) is 20.8 Å². The number of hydrogen-bond acceptors (Lipinski definition) is 1. The molecule has 19 heavy (non-hydrogen) atoms. The number of carbonyl (C=O) groups excluding carboxylic acids is 1. The molecule has 110 valence electrons. The predicted molar refractivity (Wildman–Crippen MR) is 80.3 cm³/mol. The van der Waals surface area contributed by atoms with Crippen molar-refractivity contribution in [2.75, 3.05) is 0 Å². The largest absolute Gasteiger partial charge is 0.350 e. The number of carbonyl (C=O) groups is 1. The summed E-state index contributed by atoms with van der Waals surface area (Å²) in [6.07, 6.45) is 8.91. The fourth-order valence-electron chi connectivity index (χ4n) is 3.63. The number of alkyl halides is 1. The molecular formula is C16H28ClNO. The molecule has 2 fully saturated rings. The summed E-state index contributed by atoms with van der Waals surface area (Å²) >= 11 is 6.15. The number of hydrogen-bond donors (Lipinski definition) is 1. The third kappa shape index (κ3) is 3.65. The lowest BCUT2D eigenvalue weighted by Crippen LogP contribution is -2.51. The maximum Gasteiger partial charge on any atom is 0.223 e. The number of halogens is 1. The lowest BCUT2D eigenvalue weighted by Gasteiger charge is -2.40. The maximum absolute atomic E-state index is 12.4. The molecule has 2 saturated carbocycles. The van der Waals surface area contributed by atoms with Crippen molar-refractivity contribution in [2.24, 2.45) is 17.8 Å². The average Bonchev–Trinajstić information content (AvgIpc) is 2.37. The molecule has 0 spiro atoms. The Balaban J connectivity index is 1.90. The predicted octanol–water partition coefficient (Wildman–Crippen LogP) is 4.12. The maximum atomic E-state index is 12.4. The Hall–Kier alpha value is -0.240. The van der Waals surface area contributed by atoms with Crippen molar-refractivity contribution in [1.29, 1.82) is 0 Å². The summed E-state index contributed by atoms with van der Waals surface area (Å²) < 4.78 is 0. The molecule has 2 aliphatic rings. The monoisotopic (exact) mass is 285 g/mol.